The molecule has 0 aliphatic heterocycles. The SMILES string of the molecule is COC(=O)c1nc(C2CC2)nc(NC2(CCc3ccccc3)CC2)c1Cl. The van der Waals surface area contributed by atoms with Gasteiger partial charge in [0, 0.05) is 11.5 Å². The van der Waals surface area contributed by atoms with Crippen LogP contribution < -0.4 is 5.32 Å². The average Bonchev–Trinajstić information content (AvgIpc) is 3.58. The fourth-order valence-corrected chi connectivity index (χ4v) is 3.38. The Hall–Kier alpha value is -2.14. The lowest BCUT2D eigenvalue weighted by atomic mass is 10.0. The van der Waals surface area contributed by atoms with Gasteiger partial charge >= 0.3 is 5.97 Å². The normalized spacial score (nSPS) is 17.6. The van der Waals surface area contributed by atoms with E-state index in [-0.39, 0.29) is 16.3 Å². The maximum atomic E-state index is 12.0. The van der Waals surface area contributed by atoms with E-state index in [1.807, 2.05) is 6.07 Å². The first kappa shape index (κ1) is 17.3. The van der Waals surface area contributed by atoms with Crippen LogP contribution >= 0.6 is 11.6 Å². The third-order valence-electron chi connectivity index (χ3n) is 5.16. The minimum absolute atomic E-state index is 0.00203. The third-order valence-corrected chi connectivity index (χ3v) is 5.52. The highest BCUT2D eigenvalue weighted by atomic mass is 35.5. The summed E-state index contributed by atoms with van der Waals surface area (Å²) in [4.78, 5) is 21.0. The molecule has 6 heteroatoms. The number of nitrogens with one attached hydrogen (secondary N) is 1. The molecule has 2 saturated carbocycles. The summed E-state index contributed by atoms with van der Waals surface area (Å²) in [7, 11) is 1.34. The summed E-state index contributed by atoms with van der Waals surface area (Å²) in [6, 6.07) is 10.5. The van der Waals surface area contributed by atoms with E-state index in [9.17, 15) is 4.79 Å². The van der Waals surface area contributed by atoms with Gasteiger partial charge in [0.05, 0.1) is 7.11 Å². The zero-order valence-electron chi connectivity index (χ0n) is 14.8. The summed E-state index contributed by atoms with van der Waals surface area (Å²) >= 11 is 6.44. The van der Waals surface area contributed by atoms with Crippen LogP contribution in [0.25, 0.3) is 0 Å². The molecule has 26 heavy (non-hydrogen) atoms. The molecular formula is C20H22ClN3O2. The monoisotopic (exact) mass is 371 g/mol. The van der Waals surface area contributed by atoms with E-state index in [4.69, 9.17) is 16.3 Å². The number of halogens is 1. The van der Waals surface area contributed by atoms with Gasteiger partial charge in [-0.3, -0.25) is 0 Å². The van der Waals surface area contributed by atoms with Crippen LogP contribution in [0.1, 0.15) is 59.9 Å². The number of anilines is 1. The Morgan fingerprint density at radius 3 is 2.62 bits per heavy atom. The standard InChI is InChI=1S/C20H22ClN3O2/c1-26-19(25)16-15(21)18(23-17(22-16)14-7-8-14)24-20(11-12-20)10-9-13-5-3-2-4-6-13/h2-6,14H,7-12H2,1H3,(H,22,23,24). The van der Waals surface area contributed by atoms with Crippen molar-refractivity contribution in [3.8, 4) is 0 Å². The van der Waals surface area contributed by atoms with E-state index in [0.29, 0.717) is 17.6 Å². The summed E-state index contributed by atoms with van der Waals surface area (Å²) in [6.07, 6.45) is 6.26. The predicted octanol–water partition coefficient (Wildman–Crippen LogP) is 4.37. The molecule has 136 valence electrons. The van der Waals surface area contributed by atoms with Crippen molar-refractivity contribution < 1.29 is 9.53 Å². The summed E-state index contributed by atoms with van der Waals surface area (Å²) in [5, 5.41) is 3.78. The lowest BCUT2D eigenvalue weighted by molar-refractivity contribution is 0.0593. The van der Waals surface area contributed by atoms with E-state index < -0.39 is 5.97 Å². The fraction of sp³-hybridized carbons (Fsp3) is 0.450. The maximum Gasteiger partial charge on any atom is 0.358 e. The number of rotatable bonds is 7. The van der Waals surface area contributed by atoms with Gasteiger partial charge in [0.15, 0.2) is 5.69 Å². The smallest absolute Gasteiger partial charge is 0.358 e. The van der Waals surface area contributed by atoms with Crippen LogP contribution in [-0.2, 0) is 11.2 Å². The van der Waals surface area contributed by atoms with Gasteiger partial charge in [0.2, 0.25) is 0 Å². The molecule has 2 fully saturated rings. The molecule has 2 aliphatic rings. The molecule has 2 aromatic rings. The molecule has 1 aromatic carbocycles. The molecule has 4 rings (SSSR count). The van der Waals surface area contributed by atoms with E-state index in [1.54, 1.807) is 0 Å². The van der Waals surface area contributed by atoms with Gasteiger partial charge in [0.25, 0.3) is 0 Å². The van der Waals surface area contributed by atoms with Gasteiger partial charge in [-0.15, -0.1) is 0 Å². The van der Waals surface area contributed by atoms with Crippen molar-refractivity contribution in [2.45, 2.75) is 50.0 Å². The van der Waals surface area contributed by atoms with Crippen molar-refractivity contribution in [1.29, 1.82) is 0 Å². The molecule has 0 atom stereocenters. The summed E-state index contributed by atoms with van der Waals surface area (Å²) in [6.45, 7) is 0. The number of benzene rings is 1. The molecule has 0 bridgehead atoms. The van der Waals surface area contributed by atoms with Crippen LogP contribution in [0, 0.1) is 0 Å². The molecular weight excluding hydrogens is 350 g/mol. The Morgan fingerprint density at radius 2 is 2.00 bits per heavy atom. The Labute approximate surface area is 158 Å². The Kier molecular flexibility index (Phi) is 4.57. The van der Waals surface area contributed by atoms with E-state index >= 15 is 0 Å². The second-order valence-corrected chi connectivity index (χ2v) is 7.63. The zero-order chi connectivity index (χ0) is 18.1. The lowest BCUT2D eigenvalue weighted by Crippen LogP contribution is -2.24. The largest absolute Gasteiger partial charge is 0.464 e. The molecule has 0 spiro atoms. The number of aromatic nitrogens is 2. The topological polar surface area (TPSA) is 64.1 Å². The molecule has 1 aromatic heterocycles. The summed E-state index contributed by atoms with van der Waals surface area (Å²) in [5.41, 5.74) is 1.48. The minimum atomic E-state index is -0.517. The van der Waals surface area contributed by atoms with Crippen LogP contribution in [0.4, 0.5) is 5.82 Å². The Balaban J connectivity index is 1.55. The highest BCUT2D eigenvalue weighted by Crippen LogP contribution is 2.45. The lowest BCUT2D eigenvalue weighted by Gasteiger charge is -2.20. The molecule has 0 amide bonds. The van der Waals surface area contributed by atoms with Crippen LogP contribution in [-0.4, -0.2) is 28.6 Å². The number of hydrogen-bond donors (Lipinski definition) is 1. The van der Waals surface area contributed by atoms with Gasteiger partial charge in [-0.25, -0.2) is 14.8 Å². The highest BCUT2D eigenvalue weighted by molar-refractivity contribution is 6.35. The van der Waals surface area contributed by atoms with Crippen LogP contribution in [0.15, 0.2) is 30.3 Å². The first-order valence-electron chi connectivity index (χ1n) is 9.08. The third kappa shape index (κ3) is 3.68. The van der Waals surface area contributed by atoms with Gasteiger partial charge < -0.3 is 10.1 Å². The summed E-state index contributed by atoms with van der Waals surface area (Å²) < 4.78 is 4.84. The first-order chi connectivity index (χ1) is 12.6. The quantitative estimate of drug-likeness (QED) is 0.732. The average molecular weight is 372 g/mol. The molecule has 0 saturated heterocycles. The molecule has 1 N–H and O–H groups in total. The number of carbonyl (C=O) groups excluding carboxylic acids is 1. The Morgan fingerprint density at radius 1 is 1.27 bits per heavy atom. The molecule has 5 nitrogen and oxygen atoms in total. The second kappa shape index (κ2) is 6.88. The van der Waals surface area contributed by atoms with E-state index in [1.165, 1.54) is 12.7 Å². The fourth-order valence-electron chi connectivity index (χ4n) is 3.17. The van der Waals surface area contributed by atoms with Crippen molar-refractivity contribution in [1.82, 2.24) is 9.97 Å². The number of ether oxygens (including phenoxy) is 1. The van der Waals surface area contributed by atoms with Crippen LogP contribution in [0.2, 0.25) is 5.02 Å². The number of methoxy groups -OCH3 is 1. The summed E-state index contributed by atoms with van der Waals surface area (Å²) in [5.74, 6) is 1.07. The molecule has 0 radical (unpaired) electrons. The van der Waals surface area contributed by atoms with Crippen molar-refractivity contribution >= 4 is 23.4 Å². The van der Waals surface area contributed by atoms with Crippen LogP contribution in [0.5, 0.6) is 0 Å². The minimum Gasteiger partial charge on any atom is -0.464 e. The van der Waals surface area contributed by atoms with Crippen molar-refractivity contribution in [3.63, 3.8) is 0 Å². The number of aryl methyl sites for hydroxylation is 1. The predicted molar refractivity (Wildman–Crippen MR) is 101 cm³/mol. The highest BCUT2D eigenvalue weighted by Gasteiger charge is 2.43. The van der Waals surface area contributed by atoms with Crippen molar-refractivity contribution in [2.75, 3.05) is 12.4 Å². The molecule has 1 heterocycles. The van der Waals surface area contributed by atoms with Gasteiger partial charge in [0.1, 0.15) is 16.7 Å². The Bertz CT molecular complexity index is 817. The number of esters is 1. The van der Waals surface area contributed by atoms with Crippen LogP contribution in [0.3, 0.4) is 0 Å². The first-order valence-corrected chi connectivity index (χ1v) is 9.46. The molecule has 0 unspecified atom stereocenters. The van der Waals surface area contributed by atoms with Gasteiger partial charge in [-0.05, 0) is 44.1 Å². The van der Waals surface area contributed by atoms with E-state index in [2.05, 4.69) is 39.6 Å². The maximum absolute atomic E-state index is 12.0. The number of hydrogen-bond acceptors (Lipinski definition) is 5. The van der Waals surface area contributed by atoms with Crippen molar-refractivity contribution in [2.24, 2.45) is 0 Å². The number of nitrogens with zero attached hydrogens (tertiary/aromatic N) is 2. The zero-order valence-corrected chi connectivity index (χ0v) is 15.6. The number of carbonyl (C=O) groups is 1. The second-order valence-electron chi connectivity index (χ2n) is 7.25. The van der Waals surface area contributed by atoms with Crippen molar-refractivity contribution in [3.05, 3.63) is 52.4 Å². The van der Waals surface area contributed by atoms with E-state index in [0.717, 1.165) is 38.5 Å². The van der Waals surface area contributed by atoms with Gasteiger partial charge in [-0.2, -0.15) is 0 Å². The molecule has 2 aliphatic carbocycles. The van der Waals surface area contributed by atoms with Gasteiger partial charge in [-0.1, -0.05) is 41.9 Å².